The summed E-state index contributed by atoms with van der Waals surface area (Å²) in [5.41, 5.74) is 11.4. The Balaban J connectivity index is 1.21. The number of fused-ring (bicyclic) bond motifs is 5. The number of nitrogens with zero attached hydrogens (tertiary/aromatic N) is 5. The summed E-state index contributed by atoms with van der Waals surface area (Å²) in [6.07, 6.45) is -9.12. The molecule has 45 heavy (non-hydrogen) atoms. The molecule has 0 amide bonds. The molecule has 4 aromatic heterocycles. The zero-order valence-corrected chi connectivity index (χ0v) is 26.1. The first-order valence-corrected chi connectivity index (χ1v) is 18.5. The number of alkyl halides is 2. The largest absolute Gasteiger partial charge is 0.398 e. The number of hydrogen-bond acceptors (Lipinski definition) is 14. The Bertz CT molecular complexity index is 1950. The number of H-pyrrole nitrogens is 1. The fourth-order valence-electron chi connectivity index (χ4n) is 5.46. The van der Waals surface area contributed by atoms with Crippen LogP contribution in [0.25, 0.3) is 22.2 Å². The first-order chi connectivity index (χ1) is 21.3. The minimum Gasteiger partial charge on any atom is -0.398 e. The number of thiol groups is 2. The van der Waals surface area contributed by atoms with Crippen molar-refractivity contribution in [2.45, 2.75) is 49.2 Å². The minimum absolute atomic E-state index is 0.0983. The van der Waals surface area contributed by atoms with Crippen molar-refractivity contribution in [3.8, 4) is 0 Å². The average molecular weight is 709 g/mol. The summed E-state index contributed by atoms with van der Waals surface area (Å²) in [6, 6.07) is 3.19. The molecule has 23 heteroatoms. The number of nitrogen functional groups attached to an aromatic ring is 2. The van der Waals surface area contributed by atoms with Gasteiger partial charge in [-0.1, -0.05) is 24.5 Å². The number of nitrogens with two attached hydrogens (primary N) is 2. The minimum atomic E-state index is -4.48. The number of pyridine rings is 1. The number of hydrogen-bond donors (Lipinski definition) is 5. The number of ether oxygens (including phenoxy) is 2. The van der Waals surface area contributed by atoms with E-state index in [2.05, 4.69) is 44.4 Å². The van der Waals surface area contributed by atoms with Crippen LogP contribution < -0.4 is 17.0 Å². The van der Waals surface area contributed by atoms with Gasteiger partial charge in [-0.3, -0.25) is 32.4 Å². The number of imidazole rings is 1. The Hall–Kier alpha value is -2.58. The lowest BCUT2D eigenvalue weighted by Gasteiger charge is -2.26. The Morgan fingerprint density at radius 1 is 0.911 bits per heavy atom. The molecule has 242 valence electrons. The summed E-state index contributed by atoms with van der Waals surface area (Å²) in [4.78, 5) is 26.8. The van der Waals surface area contributed by atoms with Crippen molar-refractivity contribution in [1.82, 2.24) is 29.1 Å². The molecule has 0 spiro atoms. The molecule has 3 saturated heterocycles. The third-order valence-electron chi connectivity index (χ3n) is 7.49. The summed E-state index contributed by atoms with van der Waals surface area (Å²) in [5, 5.41) is 0.531. The van der Waals surface area contributed by atoms with Crippen molar-refractivity contribution in [1.29, 1.82) is 0 Å². The predicted molar refractivity (Wildman–Crippen MR) is 159 cm³/mol. The Kier molecular flexibility index (Phi) is 7.79. The third kappa shape index (κ3) is 5.58. The van der Waals surface area contributed by atoms with Gasteiger partial charge >= 0.3 is 13.6 Å². The SMILES string of the molecule is Nc1nc2c(ncn2[C@@H]2O[C@@H]3CO[P@@](=O)(S)O[C@H]4[C@H](F)[C@H](n5ccc6c(N)ccnc65)O[C@@H]4CO[P@@](=O)(S)O[C@@H]2[C@@H]3F)c(=O)[nH]1. The zero-order valence-electron chi connectivity index (χ0n) is 22.5. The maximum atomic E-state index is 16.0. The van der Waals surface area contributed by atoms with E-state index in [-0.39, 0.29) is 17.1 Å². The van der Waals surface area contributed by atoms with Crippen LogP contribution >= 0.6 is 38.1 Å². The van der Waals surface area contributed by atoms with Crippen molar-refractivity contribution < 1.29 is 45.5 Å². The number of aromatic amines is 1. The first-order valence-electron chi connectivity index (χ1n) is 13.2. The first kappa shape index (κ1) is 31.0. The van der Waals surface area contributed by atoms with Gasteiger partial charge in [-0.2, -0.15) is 4.98 Å². The van der Waals surface area contributed by atoms with E-state index in [0.29, 0.717) is 16.7 Å². The highest BCUT2D eigenvalue weighted by Crippen LogP contribution is 2.60. The summed E-state index contributed by atoms with van der Waals surface area (Å²) in [5.74, 6) is -0.261. The molecule has 2 bridgehead atoms. The third-order valence-corrected chi connectivity index (χ3v) is 10.7. The summed E-state index contributed by atoms with van der Waals surface area (Å²) < 4.78 is 94.6. The molecule has 3 aliphatic heterocycles. The highest BCUT2D eigenvalue weighted by molar-refractivity contribution is 8.44. The maximum Gasteiger partial charge on any atom is 0.386 e. The van der Waals surface area contributed by atoms with Gasteiger partial charge in [0, 0.05) is 23.5 Å². The van der Waals surface area contributed by atoms with Gasteiger partial charge in [-0.25, -0.2) is 27.9 Å². The standard InChI is InChI=1S/C22H24F2N8O9P2S2/c23-12-10-5-36-42(34,44)40-15-11(39-20(13(15)24)31-4-2-8-9(25)1-3-27-17(8)31)6-37-43(35,45)41-16(12)21(38-10)32-7-28-14-18(32)29-22(26)30-19(14)33/h1-4,7,10-13,15-16,20-21H,5-6H2,(H2,25,27)(H,34,44)(H,35,45)(H3,26,29,30,33)/t10-,11-,12-,13+,15-,16-,20-,21-,42-,43-/m1/s1. The molecule has 0 aliphatic carbocycles. The molecule has 17 nitrogen and oxygen atoms in total. The van der Waals surface area contributed by atoms with Crippen LogP contribution in [0.5, 0.6) is 0 Å². The molecule has 7 heterocycles. The Morgan fingerprint density at radius 3 is 2.36 bits per heavy atom. The smallest absolute Gasteiger partial charge is 0.386 e. The van der Waals surface area contributed by atoms with Gasteiger partial charge in [0.05, 0.1) is 19.5 Å². The topological polar surface area (TPSA) is 223 Å². The van der Waals surface area contributed by atoms with Crippen LogP contribution in [0.3, 0.4) is 0 Å². The van der Waals surface area contributed by atoms with E-state index >= 15 is 8.78 Å². The van der Waals surface area contributed by atoms with Crippen LogP contribution in [0.15, 0.2) is 35.6 Å². The molecular weight excluding hydrogens is 684 g/mol. The molecule has 3 fully saturated rings. The van der Waals surface area contributed by atoms with Crippen molar-refractivity contribution in [3.63, 3.8) is 0 Å². The lowest BCUT2D eigenvalue weighted by atomic mass is 10.1. The van der Waals surface area contributed by atoms with Crippen LogP contribution in [-0.2, 0) is 36.7 Å². The molecule has 0 aromatic carbocycles. The lowest BCUT2D eigenvalue weighted by molar-refractivity contribution is -0.0563. The fraction of sp³-hybridized carbons (Fsp3) is 0.455. The van der Waals surface area contributed by atoms with Crippen LogP contribution in [0.1, 0.15) is 12.5 Å². The van der Waals surface area contributed by atoms with E-state index < -0.39 is 81.6 Å². The molecule has 5 N–H and O–H groups in total. The van der Waals surface area contributed by atoms with Gasteiger partial charge in [-0.15, -0.1) is 0 Å². The molecule has 0 saturated carbocycles. The summed E-state index contributed by atoms with van der Waals surface area (Å²) >= 11 is 7.98. The van der Waals surface area contributed by atoms with Crippen molar-refractivity contribution in [2.24, 2.45) is 0 Å². The zero-order chi connectivity index (χ0) is 31.8. The molecule has 3 aliphatic rings. The number of rotatable bonds is 2. The second-order valence-corrected chi connectivity index (χ2v) is 16.1. The van der Waals surface area contributed by atoms with E-state index in [1.807, 2.05) is 0 Å². The molecule has 7 rings (SSSR count). The Morgan fingerprint density at radius 2 is 1.60 bits per heavy atom. The van der Waals surface area contributed by atoms with Gasteiger partial charge < -0.3 is 25.5 Å². The van der Waals surface area contributed by atoms with Gasteiger partial charge in [0.1, 0.15) is 30.1 Å². The average Bonchev–Trinajstić information content (AvgIpc) is 3.72. The molecule has 4 aromatic rings. The fourth-order valence-corrected chi connectivity index (χ4v) is 8.39. The van der Waals surface area contributed by atoms with E-state index in [1.54, 1.807) is 12.1 Å². The van der Waals surface area contributed by atoms with E-state index in [1.165, 1.54) is 17.0 Å². The van der Waals surface area contributed by atoms with Crippen LogP contribution in [0.2, 0.25) is 0 Å². The number of nitrogens with one attached hydrogen (secondary N) is 1. The molecule has 0 unspecified atom stereocenters. The number of aromatic nitrogens is 6. The van der Waals surface area contributed by atoms with Crippen molar-refractivity contribution in [3.05, 3.63) is 41.2 Å². The van der Waals surface area contributed by atoms with Gasteiger partial charge in [-0.05, 0) is 12.1 Å². The van der Waals surface area contributed by atoms with Crippen LogP contribution in [0, 0.1) is 0 Å². The molecule has 10 atom stereocenters. The van der Waals surface area contributed by atoms with Gasteiger partial charge in [0.15, 0.2) is 36.0 Å². The summed E-state index contributed by atoms with van der Waals surface area (Å²) in [6.45, 7) is -10.3. The lowest BCUT2D eigenvalue weighted by Crippen LogP contribution is -2.33. The molecular formula is C22H24F2N8O9P2S2. The normalized spacial score (nSPS) is 37.7. The van der Waals surface area contributed by atoms with Crippen molar-refractivity contribution in [2.75, 3.05) is 24.7 Å². The van der Waals surface area contributed by atoms with E-state index in [4.69, 9.17) is 39.0 Å². The van der Waals surface area contributed by atoms with E-state index in [0.717, 1.165) is 10.9 Å². The maximum absolute atomic E-state index is 16.0. The second-order valence-electron chi connectivity index (χ2n) is 10.3. The van der Waals surface area contributed by atoms with Crippen LogP contribution in [0.4, 0.5) is 20.4 Å². The van der Waals surface area contributed by atoms with E-state index in [9.17, 15) is 13.9 Å². The number of halogens is 2. The quantitative estimate of drug-likeness (QED) is 0.149. The van der Waals surface area contributed by atoms with Gasteiger partial charge in [0.25, 0.3) is 5.56 Å². The second kappa shape index (κ2) is 11.3. The summed E-state index contributed by atoms with van der Waals surface area (Å²) in [7, 11) is 0. The van der Waals surface area contributed by atoms with Gasteiger partial charge in [0.2, 0.25) is 5.95 Å². The Labute approximate surface area is 261 Å². The predicted octanol–water partition coefficient (Wildman–Crippen LogP) is 2.70. The van der Waals surface area contributed by atoms with Crippen molar-refractivity contribution >= 4 is 71.9 Å². The molecule has 0 radical (unpaired) electrons. The number of anilines is 2. The monoisotopic (exact) mass is 708 g/mol. The highest BCUT2D eigenvalue weighted by Gasteiger charge is 2.54. The highest BCUT2D eigenvalue weighted by atomic mass is 32.7. The van der Waals surface area contributed by atoms with Crippen LogP contribution in [-0.4, -0.2) is 79.0 Å².